The Morgan fingerprint density at radius 1 is 1.18 bits per heavy atom. The van der Waals surface area contributed by atoms with Crippen LogP contribution in [0, 0.1) is 11.3 Å². The quantitative estimate of drug-likeness (QED) is 0.642. The molecule has 0 bridgehead atoms. The first-order valence-electron chi connectivity index (χ1n) is 6.82. The molecule has 0 aromatic rings. The summed E-state index contributed by atoms with van der Waals surface area (Å²) in [7, 11) is 0. The van der Waals surface area contributed by atoms with Gasteiger partial charge in [-0.1, -0.05) is 34.6 Å². The maximum atomic E-state index is 11.6. The van der Waals surface area contributed by atoms with E-state index in [-0.39, 0.29) is 5.91 Å². The molecular formula is C14H30N2O. The van der Waals surface area contributed by atoms with Gasteiger partial charge in [-0.3, -0.25) is 4.79 Å². The summed E-state index contributed by atoms with van der Waals surface area (Å²) in [5.74, 6) is 0.638. The summed E-state index contributed by atoms with van der Waals surface area (Å²) in [6.45, 7) is 13.6. The molecule has 0 saturated carbocycles. The molecule has 0 aliphatic rings. The largest absolute Gasteiger partial charge is 0.355 e. The minimum atomic E-state index is 0.181. The normalized spacial score (nSPS) is 13.5. The lowest BCUT2D eigenvalue weighted by Gasteiger charge is -2.22. The van der Waals surface area contributed by atoms with Gasteiger partial charge in [0.05, 0.1) is 0 Å². The van der Waals surface area contributed by atoms with Gasteiger partial charge in [0.25, 0.3) is 0 Å². The second-order valence-electron chi connectivity index (χ2n) is 6.17. The highest BCUT2D eigenvalue weighted by molar-refractivity contribution is 5.76. The van der Waals surface area contributed by atoms with Crippen molar-refractivity contribution in [3.63, 3.8) is 0 Å². The van der Waals surface area contributed by atoms with Crippen molar-refractivity contribution in [1.29, 1.82) is 0 Å². The smallest absolute Gasteiger partial charge is 0.220 e. The van der Waals surface area contributed by atoms with E-state index in [1.54, 1.807) is 0 Å². The van der Waals surface area contributed by atoms with Gasteiger partial charge in [-0.15, -0.1) is 0 Å². The Hall–Kier alpha value is -0.570. The van der Waals surface area contributed by atoms with Gasteiger partial charge in [0.2, 0.25) is 5.91 Å². The number of hydrogen-bond donors (Lipinski definition) is 2. The molecule has 1 atom stereocenters. The van der Waals surface area contributed by atoms with Crippen LogP contribution in [0.3, 0.4) is 0 Å². The van der Waals surface area contributed by atoms with Crippen LogP contribution in [0.5, 0.6) is 0 Å². The summed E-state index contributed by atoms with van der Waals surface area (Å²) in [6.07, 6.45) is 2.87. The monoisotopic (exact) mass is 242 g/mol. The van der Waals surface area contributed by atoms with Crippen molar-refractivity contribution in [1.82, 2.24) is 10.6 Å². The van der Waals surface area contributed by atoms with Crippen LogP contribution in [0.15, 0.2) is 0 Å². The summed E-state index contributed by atoms with van der Waals surface area (Å²) in [5, 5.41) is 6.22. The van der Waals surface area contributed by atoms with Crippen LogP contribution >= 0.6 is 0 Å². The fourth-order valence-electron chi connectivity index (χ4n) is 2.10. The molecule has 0 rings (SSSR count). The van der Waals surface area contributed by atoms with Crippen LogP contribution in [0.4, 0.5) is 0 Å². The van der Waals surface area contributed by atoms with Crippen molar-refractivity contribution >= 4 is 5.91 Å². The lowest BCUT2D eigenvalue weighted by molar-refractivity contribution is -0.122. The molecule has 0 saturated heterocycles. The van der Waals surface area contributed by atoms with Crippen LogP contribution < -0.4 is 10.6 Å². The Kier molecular flexibility index (Phi) is 8.23. The van der Waals surface area contributed by atoms with E-state index in [0.717, 1.165) is 32.5 Å². The molecule has 0 heterocycles. The fourth-order valence-corrected chi connectivity index (χ4v) is 2.10. The summed E-state index contributed by atoms with van der Waals surface area (Å²) in [4.78, 5) is 11.6. The third-order valence-corrected chi connectivity index (χ3v) is 2.55. The fraction of sp³-hybridized carbons (Fsp3) is 0.929. The standard InChI is InChI=1S/C14H30N2O/c1-6-7-15-8-9-16-13(17)10-12(2)11-14(3,4)5/h12,15H,6-11H2,1-5H3,(H,16,17). The van der Waals surface area contributed by atoms with Crippen molar-refractivity contribution in [3.05, 3.63) is 0 Å². The molecule has 3 heteroatoms. The Balaban J connectivity index is 3.58. The van der Waals surface area contributed by atoms with E-state index in [2.05, 4.69) is 45.3 Å². The highest BCUT2D eigenvalue weighted by Crippen LogP contribution is 2.25. The van der Waals surface area contributed by atoms with Gasteiger partial charge in [-0.05, 0) is 30.7 Å². The van der Waals surface area contributed by atoms with Gasteiger partial charge in [0, 0.05) is 19.5 Å². The molecule has 0 aliphatic carbocycles. The Morgan fingerprint density at radius 2 is 1.82 bits per heavy atom. The van der Waals surface area contributed by atoms with Crippen molar-refractivity contribution in [3.8, 4) is 0 Å². The Morgan fingerprint density at radius 3 is 2.35 bits per heavy atom. The molecule has 0 aromatic heterocycles. The number of nitrogens with one attached hydrogen (secondary N) is 2. The average molecular weight is 242 g/mol. The average Bonchev–Trinajstić information content (AvgIpc) is 2.14. The first-order valence-corrected chi connectivity index (χ1v) is 6.82. The van der Waals surface area contributed by atoms with Gasteiger partial charge in [-0.25, -0.2) is 0 Å². The van der Waals surface area contributed by atoms with Gasteiger partial charge in [0.15, 0.2) is 0 Å². The van der Waals surface area contributed by atoms with Crippen molar-refractivity contribution in [2.75, 3.05) is 19.6 Å². The van der Waals surface area contributed by atoms with Crippen LogP contribution in [0.2, 0.25) is 0 Å². The van der Waals surface area contributed by atoms with E-state index in [1.807, 2.05) is 0 Å². The predicted molar refractivity (Wildman–Crippen MR) is 74.0 cm³/mol. The highest BCUT2D eigenvalue weighted by atomic mass is 16.1. The lowest BCUT2D eigenvalue weighted by atomic mass is 9.84. The Bertz CT molecular complexity index is 209. The number of amides is 1. The van der Waals surface area contributed by atoms with E-state index < -0.39 is 0 Å². The SMILES string of the molecule is CCCNCCNC(=O)CC(C)CC(C)(C)C. The van der Waals surface area contributed by atoms with Crippen LogP contribution in [0.1, 0.15) is 53.9 Å². The maximum Gasteiger partial charge on any atom is 0.220 e. The lowest BCUT2D eigenvalue weighted by Crippen LogP contribution is -2.33. The van der Waals surface area contributed by atoms with Crippen molar-refractivity contribution in [2.45, 2.75) is 53.9 Å². The highest BCUT2D eigenvalue weighted by Gasteiger charge is 2.17. The summed E-state index contributed by atoms with van der Waals surface area (Å²) in [6, 6.07) is 0. The molecule has 102 valence electrons. The van der Waals surface area contributed by atoms with Gasteiger partial charge >= 0.3 is 0 Å². The summed E-state index contributed by atoms with van der Waals surface area (Å²) in [5.41, 5.74) is 0.308. The zero-order valence-electron chi connectivity index (χ0n) is 12.2. The van der Waals surface area contributed by atoms with Crippen LogP contribution in [0.25, 0.3) is 0 Å². The van der Waals surface area contributed by atoms with E-state index in [9.17, 15) is 4.79 Å². The van der Waals surface area contributed by atoms with Gasteiger partial charge < -0.3 is 10.6 Å². The predicted octanol–water partition coefficient (Wildman–Crippen LogP) is 2.56. The number of carbonyl (C=O) groups is 1. The van der Waals surface area contributed by atoms with Crippen LogP contribution in [-0.2, 0) is 4.79 Å². The molecule has 0 fully saturated rings. The van der Waals surface area contributed by atoms with Crippen molar-refractivity contribution < 1.29 is 4.79 Å². The van der Waals surface area contributed by atoms with Gasteiger partial charge in [-0.2, -0.15) is 0 Å². The molecule has 1 amide bonds. The first kappa shape index (κ1) is 16.4. The topological polar surface area (TPSA) is 41.1 Å². The molecule has 0 aliphatic heterocycles. The zero-order chi connectivity index (χ0) is 13.3. The molecule has 0 spiro atoms. The minimum Gasteiger partial charge on any atom is -0.355 e. The zero-order valence-corrected chi connectivity index (χ0v) is 12.2. The van der Waals surface area contributed by atoms with Crippen molar-refractivity contribution in [2.24, 2.45) is 11.3 Å². The number of hydrogen-bond acceptors (Lipinski definition) is 2. The third-order valence-electron chi connectivity index (χ3n) is 2.55. The van der Waals surface area contributed by atoms with E-state index in [1.165, 1.54) is 0 Å². The molecule has 0 aromatic carbocycles. The summed E-state index contributed by atoms with van der Waals surface area (Å²) < 4.78 is 0. The molecular weight excluding hydrogens is 212 g/mol. The summed E-state index contributed by atoms with van der Waals surface area (Å²) >= 11 is 0. The number of carbonyl (C=O) groups excluding carboxylic acids is 1. The molecule has 2 N–H and O–H groups in total. The maximum absolute atomic E-state index is 11.6. The van der Waals surface area contributed by atoms with E-state index in [0.29, 0.717) is 17.8 Å². The van der Waals surface area contributed by atoms with E-state index in [4.69, 9.17) is 0 Å². The molecule has 1 unspecified atom stereocenters. The minimum absolute atomic E-state index is 0.181. The Labute approximate surface area is 107 Å². The second-order valence-corrected chi connectivity index (χ2v) is 6.17. The molecule has 3 nitrogen and oxygen atoms in total. The third kappa shape index (κ3) is 11.7. The number of rotatable bonds is 8. The molecule has 17 heavy (non-hydrogen) atoms. The van der Waals surface area contributed by atoms with Crippen LogP contribution in [-0.4, -0.2) is 25.5 Å². The molecule has 0 radical (unpaired) electrons. The second kappa shape index (κ2) is 8.51. The van der Waals surface area contributed by atoms with Gasteiger partial charge in [0.1, 0.15) is 0 Å². The first-order chi connectivity index (χ1) is 7.85. The van der Waals surface area contributed by atoms with E-state index >= 15 is 0 Å².